The summed E-state index contributed by atoms with van der Waals surface area (Å²) < 4.78 is 23.4. The monoisotopic (exact) mass is 196 g/mol. The zero-order chi connectivity index (χ0) is 10.3. The van der Waals surface area contributed by atoms with Crippen LogP contribution >= 0.6 is 0 Å². The quantitative estimate of drug-likeness (QED) is 0.528. The molecular weight excluding hydrogens is 182 g/mol. The number of rotatable bonds is 6. The van der Waals surface area contributed by atoms with E-state index in [1.54, 1.807) is 7.05 Å². The summed E-state index contributed by atoms with van der Waals surface area (Å²) in [5, 5.41) is 13.5. The average molecular weight is 196 g/mol. The molecule has 0 rings (SSSR count). The third-order valence-electron chi connectivity index (χ3n) is 1.40. The lowest BCUT2D eigenvalue weighted by Gasteiger charge is -2.10. The minimum Gasteiger partial charge on any atom is -0.385 e. The number of carbonyl (C=O) groups excluding carboxylic acids is 1. The molecule has 1 atom stereocenters. The zero-order valence-electron chi connectivity index (χ0n) is 7.39. The van der Waals surface area contributed by atoms with Gasteiger partial charge in [0.1, 0.15) is 6.10 Å². The molecule has 13 heavy (non-hydrogen) atoms. The van der Waals surface area contributed by atoms with E-state index in [-0.39, 0.29) is 12.3 Å². The normalized spacial score (nSPS) is 13.0. The third-order valence-corrected chi connectivity index (χ3v) is 1.40. The summed E-state index contributed by atoms with van der Waals surface area (Å²) in [4.78, 5) is 10.8. The summed E-state index contributed by atoms with van der Waals surface area (Å²) in [6, 6.07) is 0. The number of hydrogen-bond donors (Lipinski definition) is 3. The largest absolute Gasteiger partial charge is 0.385 e. The second-order valence-corrected chi connectivity index (χ2v) is 2.56. The Kier molecular flexibility index (Phi) is 6.34. The van der Waals surface area contributed by atoms with Crippen LogP contribution in [0.5, 0.6) is 0 Å². The minimum atomic E-state index is -2.82. The highest BCUT2D eigenvalue weighted by Gasteiger charge is 2.16. The predicted octanol–water partition coefficient (Wildman–Crippen LogP) is -0.662. The summed E-state index contributed by atoms with van der Waals surface area (Å²) in [5.74, 6) is -0.353. The van der Waals surface area contributed by atoms with E-state index < -0.39 is 19.1 Å². The standard InChI is InChI=1S/C7H14F2N2O2/c1-10-3-2-6(13)11-4-5(12)7(8)9/h5,7,10,12H,2-4H2,1H3,(H,11,13). The van der Waals surface area contributed by atoms with Crippen LogP contribution in [0.4, 0.5) is 8.78 Å². The van der Waals surface area contributed by atoms with Gasteiger partial charge in [-0.15, -0.1) is 0 Å². The summed E-state index contributed by atoms with van der Waals surface area (Å²) in [7, 11) is 1.68. The number of aliphatic hydroxyl groups is 1. The summed E-state index contributed by atoms with van der Waals surface area (Å²) >= 11 is 0. The molecule has 0 radical (unpaired) electrons. The maximum Gasteiger partial charge on any atom is 0.265 e. The molecular formula is C7H14F2N2O2. The molecule has 0 spiro atoms. The van der Waals surface area contributed by atoms with Crippen molar-refractivity contribution in [1.82, 2.24) is 10.6 Å². The first-order valence-corrected chi connectivity index (χ1v) is 3.95. The first-order valence-electron chi connectivity index (χ1n) is 3.95. The topological polar surface area (TPSA) is 61.4 Å². The molecule has 0 bridgehead atoms. The highest BCUT2D eigenvalue weighted by atomic mass is 19.3. The van der Waals surface area contributed by atoms with Crippen LogP contribution in [-0.4, -0.2) is 43.7 Å². The number of halogens is 2. The summed E-state index contributed by atoms with van der Waals surface area (Å²) in [6.45, 7) is 0.0802. The fourth-order valence-corrected chi connectivity index (χ4v) is 0.634. The Labute approximate surface area is 75.3 Å². The van der Waals surface area contributed by atoms with Gasteiger partial charge in [-0.2, -0.15) is 0 Å². The van der Waals surface area contributed by atoms with Gasteiger partial charge in [-0.3, -0.25) is 4.79 Å². The summed E-state index contributed by atoms with van der Waals surface area (Å²) in [6.07, 6.45) is -4.38. The molecule has 4 nitrogen and oxygen atoms in total. The van der Waals surface area contributed by atoms with E-state index in [2.05, 4.69) is 10.6 Å². The van der Waals surface area contributed by atoms with Crippen LogP contribution < -0.4 is 10.6 Å². The van der Waals surface area contributed by atoms with Crippen molar-refractivity contribution in [1.29, 1.82) is 0 Å². The molecule has 1 unspecified atom stereocenters. The van der Waals surface area contributed by atoms with Gasteiger partial charge in [0, 0.05) is 19.5 Å². The van der Waals surface area contributed by atoms with Crippen molar-refractivity contribution in [2.45, 2.75) is 19.0 Å². The van der Waals surface area contributed by atoms with Crippen molar-refractivity contribution in [3.05, 3.63) is 0 Å². The van der Waals surface area contributed by atoms with Gasteiger partial charge >= 0.3 is 0 Å². The number of amides is 1. The molecule has 0 aliphatic carbocycles. The number of alkyl halides is 2. The molecule has 0 aromatic heterocycles. The highest BCUT2D eigenvalue weighted by molar-refractivity contribution is 5.76. The first kappa shape index (κ1) is 12.2. The van der Waals surface area contributed by atoms with Crippen molar-refractivity contribution in [2.24, 2.45) is 0 Å². The van der Waals surface area contributed by atoms with E-state index in [0.717, 1.165) is 0 Å². The Bertz CT molecular complexity index is 155. The zero-order valence-corrected chi connectivity index (χ0v) is 7.39. The molecule has 0 aromatic carbocycles. The van der Waals surface area contributed by atoms with Crippen LogP contribution in [-0.2, 0) is 4.79 Å². The Morgan fingerprint density at radius 1 is 1.54 bits per heavy atom. The van der Waals surface area contributed by atoms with Gasteiger partial charge in [0.2, 0.25) is 5.91 Å². The van der Waals surface area contributed by atoms with Gasteiger partial charge in [-0.1, -0.05) is 0 Å². The molecule has 0 saturated carbocycles. The molecule has 78 valence electrons. The molecule has 0 fully saturated rings. The van der Waals surface area contributed by atoms with Gasteiger partial charge in [-0.05, 0) is 7.05 Å². The first-order chi connectivity index (χ1) is 6.07. The molecule has 1 amide bonds. The Morgan fingerprint density at radius 3 is 2.62 bits per heavy atom. The molecule has 0 aromatic rings. The van der Waals surface area contributed by atoms with Gasteiger partial charge in [0.25, 0.3) is 6.43 Å². The minimum absolute atomic E-state index is 0.215. The second kappa shape index (κ2) is 6.73. The smallest absolute Gasteiger partial charge is 0.265 e. The van der Waals surface area contributed by atoms with Crippen LogP contribution in [0.15, 0.2) is 0 Å². The van der Waals surface area contributed by atoms with Crippen LogP contribution in [0.1, 0.15) is 6.42 Å². The fraction of sp³-hybridized carbons (Fsp3) is 0.857. The van der Waals surface area contributed by atoms with Gasteiger partial charge in [0.15, 0.2) is 0 Å². The maximum atomic E-state index is 11.7. The molecule has 3 N–H and O–H groups in total. The van der Waals surface area contributed by atoms with E-state index in [0.29, 0.717) is 6.54 Å². The molecule has 0 aliphatic heterocycles. The van der Waals surface area contributed by atoms with Crippen molar-refractivity contribution >= 4 is 5.91 Å². The van der Waals surface area contributed by atoms with Gasteiger partial charge in [0.05, 0.1) is 0 Å². The summed E-state index contributed by atoms with van der Waals surface area (Å²) in [5.41, 5.74) is 0. The lowest BCUT2D eigenvalue weighted by molar-refractivity contribution is -0.122. The van der Waals surface area contributed by atoms with E-state index in [4.69, 9.17) is 5.11 Å². The second-order valence-electron chi connectivity index (χ2n) is 2.56. The molecule has 6 heteroatoms. The van der Waals surface area contributed by atoms with Crippen molar-refractivity contribution in [3.63, 3.8) is 0 Å². The van der Waals surface area contributed by atoms with Gasteiger partial charge in [-0.25, -0.2) is 8.78 Å². The Hall–Kier alpha value is -0.750. The van der Waals surface area contributed by atoms with E-state index in [1.807, 2.05) is 0 Å². The predicted molar refractivity (Wildman–Crippen MR) is 43.6 cm³/mol. The lowest BCUT2D eigenvalue weighted by Crippen LogP contribution is -2.36. The molecule has 0 aliphatic rings. The van der Waals surface area contributed by atoms with E-state index >= 15 is 0 Å². The van der Waals surface area contributed by atoms with Crippen molar-refractivity contribution < 1.29 is 18.7 Å². The highest BCUT2D eigenvalue weighted by Crippen LogP contribution is 1.98. The SMILES string of the molecule is CNCCC(=O)NCC(O)C(F)F. The Morgan fingerprint density at radius 2 is 2.15 bits per heavy atom. The van der Waals surface area contributed by atoms with Crippen molar-refractivity contribution in [3.8, 4) is 0 Å². The molecule has 0 heterocycles. The van der Waals surface area contributed by atoms with Crippen LogP contribution in [0, 0.1) is 0 Å². The number of hydrogen-bond acceptors (Lipinski definition) is 3. The van der Waals surface area contributed by atoms with Gasteiger partial charge < -0.3 is 15.7 Å². The number of aliphatic hydroxyl groups excluding tert-OH is 1. The van der Waals surface area contributed by atoms with E-state index in [9.17, 15) is 13.6 Å². The average Bonchev–Trinajstić information content (AvgIpc) is 2.10. The lowest BCUT2D eigenvalue weighted by atomic mass is 10.3. The Balaban J connectivity index is 3.46. The van der Waals surface area contributed by atoms with Crippen LogP contribution in [0.2, 0.25) is 0 Å². The van der Waals surface area contributed by atoms with Crippen LogP contribution in [0.25, 0.3) is 0 Å². The third kappa shape index (κ3) is 6.41. The maximum absolute atomic E-state index is 11.7. The van der Waals surface area contributed by atoms with Crippen LogP contribution in [0.3, 0.4) is 0 Å². The number of nitrogens with one attached hydrogen (secondary N) is 2. The fourth-order valence-electron chi connectivity index (χ4n) is 0.634. The van der Waals surface area contributed by atoms with Crippen molar-refractivity contribution in [2.75, 3.05) is 20.1 Å². The van der Waals surface area contributed by atoms with E-state index in [1.165, 1.54) is 0 Å². The molecule has 0 saturated heterocycles. The number of carbonyl (C=O) groups is 1.